The molecule has 27 heavy (non-hydrogen) atoms. The molecular weight excluding hydrogens is 383 g/mol. The number of methoxy groups -OCH3 is 1. The van der Waals surface area contributed by atoms with Gasteiger partial charge in [-0.15, -0.1) is 0 Å². The Morgan fingerprint density at radius 3 is 2.67 bits per heavy atom. The monoisotopic (exact) mass is 399 g/mol. The number of hydrogen-bond donors (Lipinski definition) is 1. The Bertz CT molecular complexity index is 830. The SMILES string of the molecule is COc1cccc(NC(=O)CN(C)C(=O)c2cccnc2SC(F)(F)F)c1. The molecule has 2 rings (SSSR count). The molecule has 0 radical (unpaired) electrons. The molecule has 0 unspecified atom stereocenters. The fourth-order valence-electron chi connectivity index (χ4n) is 2.14. The van der Waals surface area contributed by atoms with Gasteiger partial charge in [-0.25, -0.2) is 4.98 Å². The highest BCUT2D eigenvalue weighted by Crippen LogP contribution is 2.37. The van der Waals surface area contributed by atoms with Gasteiger partial charge >= 0.3 is 5.51 Å². The highest BCUT2D eigenvalue weighted by molar-refractivity contribution is 8.00. The highest BCUT2D eigenvalue weighted by atomic mass is 32.2. The zero-order valence-electron chi connectivity index (χ0n) is 14.4. The van der Waals surface area contributed by atoms with Gasteiger partial charge in [-0.3, -0.25) is 9.59 Å². The van der Waals surface area contributed by atoms with Crippen LogP contribution in [-0.4, -0.2) is 47.9 Å². The predicted molar refractivity (Wildman–Crippen MR) is 94.7 cm³/mol. The van der Waals surface area contributed by atoms with Crippen LogP contribution in [0.3, 0.4) is 0 Å². The van der Waals surface area contributed by atoms with E-state index >= 15 is 0 Å². The van der Waals surface area contributed by atoms with E-state index in [1.807, 2.05) is 0 Å². The maximum atomic E-state index is 12.6. The van der Waals surface area contributed by atoms with E-state index < -0.39 is 34.1 Å². The largest absolute Gasteiger partial charge is 0.497 e. The number of benzene rings is 1. The molecule has 0 saturated heterocycles. The van der Waals surface area contributed by atoms with Crippen LogP contribution in [0.4, 0.5) is 18.9 Å². The minimum absolute atomic E-state index is 0.225. The molecule has 1 aromatic heterocycles. The summed E-state index contributed by atoms with van der Waals surface area (Å²) in [7, 11) is 2.81. The second-order valence-corrected chi connectivity index (χ2v) is 6.40. The van der Waals surface area contributed by atoms with Gasteiger partial charge in [-0.2, -0.15) is 13.2 Å². The fraction of sp³-hybridized carbons (Fsp3) is 0.235. The Balaban J connectivity index is 2.06. The van der Waals surface area contributed by atoms with Gasteiger partial charge in [-0.05, 0) is 24.3 Å². The van der Waals surface area contributed by atoms with Crippen molar-refractivity contribution in [3.8, 4) is 5.75 Å². The minimum atomic E-state index is -4.58. The maximum absolute atomic E-state index is 12.6. The normalized spacial score (nSPS) is 11.0. The lowest BCUT2D eigenvalue weighted by molar-refractivity contribution is -0.116. The fourth-order valence-corrected chi connectivity index (χ4v) is 2.74. The lowest BCUT2D eigenvalue weighted by atomic mass is 10.2. The van der Waals surface area contributed by atoms with Crippen molar-refractivity contribution in [2.45, 2.75) is 10.5 Å². The zero-order valence-corrected chi connectivity index (χ0v) is 15.2. The Morgan fingerprint density at radius 2 is 2.00 bits per heavy atom. The predicted octanol–water partition coefficient (Wildman–Crippen LogP) is 3.41. The van der Waals surface area contributed by atoms with Crippen molar-refractivity contribution < 1.29 is 27.5 Å². The molecule has 6 nitrogen and oxygen atoms in total. The van der Waals surface area contributed by atoms with Gasteiger partial charge in [0.15, 0.2) is 0 Å². The number of alkyl halides is 3. The van der Waals surface area contributed by atoms with Crippen molar-refractivity contribution in [1.29, 1.82) is 0 Å². The van der Waals surface area contributed by atoms with Gasteiger partial charge < -0.3 is 15.0 Å². The van der Waals surface area contributed by atoms with Crippen molar-refractivity contribution in [2.75, 3.05) is 26.0 Å². The van der Waals surface area contributed by atoms with E-state index in [2.05, 4.69) is 10.3 Å². The Kier molecular flexibility index (Phi) is 6.67. The van der Waals surface area contributed by atoms with Crippen LogP contribution in [0.1, 0.15) is 10.4 Å². The van der Waals surface area contributed by atoms with Crippen molar-refractivity contribution in [3.63, 3.8) is 0 Å². The average molecular weight is 399 g/mol. The number of amides is 2. The summed E-state index contributed by atoms with van der Waals surface area (Å²) in [6.07, 6.45) is 1.17. The number of halogens is 3. The standard InChI is InChI=1S/C17H16F3N3O3S/c1-23(10-14(24)22-11-5-3-6-12(9-11)26-2)16(25)13-7-4-8-21-15(13)27-17(18,19)20/h3-9H,10H2,1-2H3,(H,22,24). The Hall–Kier alpha value is -2.75. The number of nitrogens with zero attached hydrogens (tertiary/aromatic N) is 2. The molecule has 1 aromatic carbocycles. The van der Waals surface area contributed by atoms with E-state index in [0.717, 1.165) is 4.90 Å². The number of aromatic nitrogens is 1. The van der Waals surface area contributed by atoms with Crippen LogP contribution < -0.4 is 10.1 Å². The number of ether oxygens (including phenoxy) is 1. The third-order valence-corrected chi connectivity index (χ3v) is 4.05. The summed E-state index contributed by atoms with van der Waals surface area (Å²) in [6.45, 7) is -0.346. The van der Waals surface area contributed by atoms with E-state index in [1.54, 1.807) is 24.3 Å². The number of anilines is 1. The molecule has 1 heterocycles. The van der Waals surface area contributed by atoms with Gasteiger partial charge in [0.25, 0.3) is 5.91 Å². The lowest BCUT2D eigenvalue weighted by Gasteiger charge is -2.18. The summed E-state index contributed by atoms with van der Waals surface area (Å²) in [5.74, 6) is -0.704. The first kappa shape index (κ1) is 20.6. The second kappa shape index (κ2) is 8.76. The average Bonchev–Trinajstić information content (AvgIpc) is 2.60. The number of rotatable bonds is 6. The van der Waals surface area contributed by atoms with Crippen LogP contribution in [0.25, 0.3) is 0 Å². The molecule has 1 N–H and O–H groups in total. The van der Waals surface area contributed by atoms with Crippen molar-refractivity contribution in [2.24, 2.45) is 0 Å². The molecule has 0 aliphatic carbocycles. The molecule has 2 amide bonds. The summed E-state index contributed by atoms with van der Waals surface area (Å²) >= 11 is -0.474. The molecular formula is C17H16F3N3O3S. The van der Waals surface area contributed by atoms with Gasteiger partial charge in [0, 0.05) is 36.8 Å². The van der Waals surface area contributed by atoms with Gasteiger partial charge in [0.05, 0.1) is 19.2 Å². The third-order valence-electron chi connectivity index (χ3n) is 3.29. The number of carbonyl (C=O) groups is 2. The van der Waals surface area contributed by atoms with E-state index in [4.69, 9.17) is 4.74 Å². The van der Waals surface area contributed by atoms with E-state index in [1.165, 1.54) is 32.5 Å². The van der Waals surface area contributed by atoms with Crippen molar-refractivity contribution >= 4 is 29.3 Å². The molecule has 0 atom stereocenters. The van der Waals surface area contributed by atoms with Crippen LogP contribution in [0.5, 0.6) is 5.75 Å². The van der Waals surface area contributed by atoms with Crippen LogP contribution in [0, 0.1) is 0 Å². The van der Waals surface area contributed by atoms with Gasteiger partial charge in [-0.1, -0.05) is 6.07 Å². The van der Waals surface area contributed by atoms with Crippen LogP contribution >= 0.6 is 11.8 Å². The summed E-state index contributed by atoms with van der Waals surface area (Å²) in [5, 5.41) is 2.13. The number of hydrogen-bond acceptors (Lipinski definition) is 5. The second-order valence-electron chi connectivity index (χ2n) is 5.35. The first-order chi connectivity index (χ1) is 12.7. The number of nitrogens with one attached hydrogen (secondary N) is 1. The van der Waals surface area contributed by atoms with Gasteiger partial charge in [0.2, 0.25) is 5.91 Å². The van der Waals surface area contributed by atoms with E-state index in [0.29, 0.717) is 11.4 Å². The highest BCUT2D eigenvalue weighted by Gasteiger charge is 2.33. The molecule has 0 aliphatic heterocycles. The summed E-state index contributed by atoms with van der Waals surface area (Å²) in [5.41, 5.74) is -4.34. The molecule has 0 aliphatic rings. The Labute approximate surface area is 157 Å². The Morgan fingerprint density at radius 1 is 1.26 bits per heavy atom. The summed E-state index contributed by atoms with van der Waals surface area (Å²) in [6, 6.07) is 9.21. The molecule has 10 heteroatoms. The summed E-state index contributed by atoms with van der Waals surface area (Å²) < 4.78 is 42.9. The molecule has 0 spiro atoms. The molecule has 0 fully saturated rings. The van der Waals surface area contributed by atoms with Gasteiger partial charge in [0.1, 0.15) is 10.8 Å². The number of carbonyl (C=O) groups excluding carboxylic acids is 2. The lowest BCUT2D eigenvalue weighted by Crippen LogP contribution is -2.35. The maximum Gasteiger partial charge on any atom is 0.447 e. The first-order valence-electron chi connectivity index (χ1n) is 7.59. The third kappa shape index (κ3) is 6.17. The molecule has 0 bridgehead atoms. The van der Waals surface area contributed by atoms with E-state index in [9.17, 15) is 22.8 Å². The zero-order chi connectivity index (χ0) is 20.0. The number of pyridine rings is 1. The first-order valence-corrected chi connectivity index (χ1v) is 8.41. The quantitative estimate of drug-likeness (QED) is 0.754. The van der Waals surface area contributed by atoms with Crippen LogP contribution in [-0.2, 0) is 4.79 Å². The number of thioether (sulfide) groups is 1. The van der Waals surface area contributed by atoms with Crippen molar-refractivity contribution in [3.05, 3.63) is 48.2 Å². The van der Waals surface area contributed by atoms with E-state index in [-0.39, 0.29) is 12.1 Å². The van der Waals surface area contributed by atoms with Crippen LogP contribution in [0.2, 0.25) is 0 Å². The molecule has 0 saturated carbocycles. The molecule has 144 valence electrons. The number of likely N-dealkylation sites (N-methyl/N-ethyl adjacent to an activating group) is 1. The topological polar surface area (TPSA) is 71.5 Å². The molecule has 2 aromatic rings. The minimum Gasteiger partial charge on any atom is -0.497 e. The summed E-state index contributed by atoms with van der Waals surface area (Å²) in [4.78, 5) is 29.2. The van der Waals surface area contributed by atoms with Crippen molar-refractivity contribution in [1.82, 2.24) is 9.88 Å². The van der Waals surface area contributed by atoms with Crippen LogP contribution in [0.15, 0.2) is 47.6 Å². The smallest absolute Gasteiger partial charge is 0.447 e.